The normalized spacial score (nSPS) is 24.1. The Morgan fingerprint density at radius 3 is 1.95 bits per heavy atom. The van der Waals surface area contributed by atoms with E-state index in [0.717, 1.165) is 19.6 Å². The van der Waals surface area contributed by atoms with E-state index in [1.54, 1.807) is 20.8 Å². The minimum atomic E-state index is -0.883. The summed E-state index contributed by atoms with van der Waals surface area (Å²) in [6.45, 7) is 14.8. The van der Waals surface area contributed by atoms with Gasteiger partial charge in [0.15, 0.2) is 0 Å². The first-order valence-corrected chi connectivity index (χ1v) is 12.9. The number of benzene rings is 1. The molecule has 5 N–H and O–H groups in total. The molecule has 0 bridgehead atoms. The van der Waals surface area contributed by atoms with Crippen molar-refractivity contribution in [3.05, 3.63) is 35.9 Å². The van der Waals surface area contributed by atoms with Gasteiger partial charge in [-0.05, 0) is 66.5 Å². The summed E-state index contributed by atoms with van der Waals surface area (Å²) in [5.74, 6) is 0. The number of aliphatic hydroxyl groups is 2. The standard InChI is InChI=1S/C17H26N2O3.C10H20N2O3/c1-16(2,3)22-15(20)18-12-17(21)9-10-19(13-17)11-14-7-5-4-6-8-14;1-9(2,3)15-8(13)12-7-10(14)4-5-11-6-10/h4-8,21H,9-13H2,1-3H3,(H,18,20);11,14H,4-7H2,1-3H3,(H,12,13)/t17-;10-/m01/s1. The lowest BCUT2D eigenvalue weighted by Crippen LogP contribution is -2.46. The number of carbonyl (C=O) groups is 2. The Kier molecular flexibility index (Phi) is 10.8. The SMILES string of the molecule is CC(C)(C)OC(=O)NC[C@@]1(O)CCN(Cc2ccccc2)C1.CC(C)(C)OC(=O)NC[C@@]1(O)CCNC1. The van der Waals surface area contributed by atoms with E-state index in [2.05, 4.69) is 33.0 Å². The van der Waals surface area contributed by atoms with Gasteiger partial charge in [0, 0.05) is 26.2 Å². The molecule has 2 atom stereocenters. The maximum absolute atomic E-state index is 11.7. The van der Waals surface area contributed by atoms with Crippen molar-refractivity contribution in [2.24, 2.45) is 0 Å². The number of amides is 2. The van der Waals surface area contributed by atoms with Crippen LogP contribution in [0, 0.1) is 0 Å². The molecule has 2 fully saturated rings. The Hall–Kier alpha value is -2.40. The van der Waals surface area contributed by atoms with Gasteiger partial charge in [-0.1, -0.05) is 30.3 Å². The fourth-order valence-corrected chi connectivity index (χ4v) is 4.04. The number of hydrogen-bond acceptors (Lipinski definition) is 8. The molecular weight excluding hydrogens is 476 g/mol. The number of rotatable bonds is 6. The van der Waals surface area contributed by atoms with Crippen LogP contribution in [-0.4, -0.2) is 89.0 Å². The highest BCUT2D eigenvalue weighted by molar-refractivity contribution is 5.68. The Morgan fingerprint density at radius 1 is 0.919 bits per heavy atom. The molecule has 0 aliphatic carbocycles. The number of nitrogens with zero attached hydrogens (tertiary/aromatic N) is 1. The van der Waals surface area contributed by atoms with Crippen molar-refractivity contribution < 1.29 is 29.3 Å². The lowest BCUT2D eigenvalue weighted by atomic mass is 10.0. The van der Waals surface area contributed by atoms with Gasteiger partial charge < -0.3 is 35.6 Å². The number of ether oxygens (including phenoxy) is 2. The maximum atomic E-state index is 11.7. The minimum Gasteiger partial charge on any atom is -0.444 e. The lowest BCUT2D eigenvalue weighted by molar-refractivity contribution is 0.0285. The summed E-state index contributed by atoms with van der Waals surface area (Å²) in [7, 11) is 0. The number of likely N-dealkylation sites (tertiary alicyclic amines) is 1. The highest BCUT2D eigenvalue weighted by atomic mass is 16.6. The van der Waals surface area contributed by atoms with Gasteiger partial charge in [-0.2, -0.15) is 0 Å². The number of alkyl carbamates (subject to hydrolysis) is 2. The summed E-state index contributed by atoms with van der Waals surface area (Å²) in [6, 6.07) is 10.2. The smallest absolute Gasteiger partial charge is 0.407 e. The molecule has 10 heteroatoms. The van der Waals surface area contributed by atoms with E-state index >= 15 is 0 Å². The molecule has 0 spiro atoms. The molecule has 0 saturated carbocycles. The van der Waals surface area contributed by atoms with Crippen molar-refractivity contribution >= 4 is 12.2 Å². The molecule has 3 rings (SSSR count). The quantitative estimate of drug-likeness (QED) is 0.385. The van der Waals surface area contributed by atoms with Crippen LogP contribution < -0.4 is 16.0 Å². The van der Waals surface area contributed by atoms with Crippen LogP contribution in [0.2, 0.25) is 0 Å². The van der Waals surface area contributed by atoms with E-state index < -0.39 is 34.6 Å². The Morgan fingerprint density at radius 2 is 1.46 bits per heavy atom. The van der Waals surface area contributed by atoms with Crippen LogP contribution in [0.1, 0.15) is 59.9 Å². The van der Waals surface area contributed by atoms with E-state index in [0.29, 0.717) is 25.9 Å². The van der Waals surface area contributed by atoms with Gasteiger partial charge >= 0.3 is 12.2 Å². The summed E-state index contributed by atoms with van der Waals surface area (Å²) in [6.07, 6.45) is 0.337. The average molecular weight is 523 g/mol. The molecule has 1 aromatic rings. The minimum absolute atomic E-state index is 0.215. The zero-order valence-corrected chi connectivity index (χ0v) is 23.2. The van der Waals surface area contributed by atoms with Gasteiger partial charge in [0.25, 0.3) is 0 Å². The zero-order chi connectivity index (χ0) is 27.7. The van der Waals surface area contributed by atoms with E-state index in [9.17, 15) is 19.8 Å². The second kappa shape index (κ2) is 12.9. The summed E-state index contributed by atoms with van der Waals surface area (Å²) >= 11 is 0. The first-order valence-electron chi connectivity index (χ1n) is 12.9. The third-order valence-electron chi connectivity index (χ3n) is 5.80. The Bertz CT molecular complexity index is 862. The second-order valence-electron chi connectivity index (χ2n) is 12.0. The molecule has 37 heavy (non-hydrogen) atoms. The van der Waals surface area contributed by atoms with Crippen LogP contribution in [0.15, 0.2) is 30.3 Å². The zero-order valence-electron chi connectivity index (χ0n) is 23.2. The fourth-order valence-electron chi connectivity index (χ4n) is 4.04. The highest BCUT2D eigenvalue weighted by Crippen LogP contribution is 2.22. The van der Waals surface area contributed by atoms with Gasteiger partial charge in [0.05, 0.1) is 24.3 Å². The van der Waals surface area contributed by atoms with Crippen LogP contribution in [-0.2, 0) is 16.0 Å². The van der Waals surface area contributed by atoms with Gasteiger partial charge in [0.1, 0.15) is 11.2 Å². The van der Waals surface area contributed by atoms with Crippen LogP contribution >= 0.6 is 0 Å². The molecule has 0 unspecified atom stereocenters. The number of β-amino-alcohol motifs (C(OH)–C–C–N with tert-alkyl or cyclic N) is 2. The first-order chi connectivity index (χ1) is 17.1. The summed E-state index contributed by atoms with van der Waals surface area (Å²) in [4.78, 5) is 25.2. The maximum Gasteiger partial charge on any atom is 0.407 e. The monoisotopic (exact) mass is 522 g/mol. The largest absolute Gasteiger partial charge is 0.444 e. The van der Waals surface area contributed by atoms with Crippen molar-refractivity contribution in [3.8, 4) is 0 Å². The van der Waals surface area contributed by atoms with Gasteiger partial charge in [0.2, 0.25) is 0 Å². The summed E-state index contributed by atoms with van der Waals surface area (Å²) < 4.78 is 10.3. The van der Waals surface area contributed by atoms with Gasteiger partial charge in [-0.25, -0.2) is 9.59 Å². The molecule has 2 saturated heterocycles. The van der Waals surface area contributed by atoms with Crippen LogP contribution in [0.3, 0.4) is 0 Å². The molecular formula is C27H46N4O6. The van der Waals surface area contributed by atoms with E-state index in [1.807, 2.05) is 39.0 Å². The van der Waals surface area contributed by atoms with Crippen molar-refractivity contribution in [3.63, 3.8) is 0 Å². The predicted molar refractivity (Wildman–Crippen MR) is 142 cm³/mol. The highest BCUT2D eigenvalue weighted by Gasteiger charge is 2.36. The first kappa shape index (κ1) is 30.8. The second-order valence-corrected chi connectivity index (χ2v) is 12.0. The molecule has 0 radical (unpaired) electrons. The molecule has 2 aliphatic rings. The van der Waals surface area contributed by atoms with Gasteiger partial charge in [-0.15, -0.1) is 0 Å². The number of nitrogens with one attached hydrogen (secondary N) is 3. The van der Waals surface area contributed by atoms with Crippen LogP contribution in [0.4, 0.5) is 9.59 Å². The van der Waals surface area contributed by atoms with Crippen molar-refractivity contribution in [1.29, 1.82) is 0 Å². The number of hydrogen-bond donors (Lipinski definition) is 5. The van der Waals surface area contributed by atoms with Crippen molar-refractivity contribution in [1.82, 2.24) is 20.9 Å². The average Bonchev–Trinajstić information content (AvgIpc) is 3.36. The topological polar surface area (TPSA) is 132 Å². The molecule has 2 aliphatic heterocycles. The van der Waals surface area contributed by atoms with E-state index in [4.69, 9.17) is 9.47 Å². The summed E-state index contributed by atoms with van der Waals surface area (Å²) in [5, 5.41) is 28.8. The van der Waals surface area contributed by atoms with E-state index in [1.165, 1.54) is 5.56 Å². The molecule has 1 aromatic carbocycles. The third kappa shape index (κ3) is 12.6. The van der Waals surface area contributed by atoms with Crippen molar-refractivity contribution in [2.75, 3.05) is 39.3 Å². The molecule has 210 valence electrons. The lowest BCUT2D eigenvalue weighted by Gasteiger charge is -2.25. The fraction of sp³-hybridized carbons (Fsp3) is 0.704. The number of carbonyl (C=O) groups excluding carboxylic acids is 2. The molecule has 2 amide bonds. The molecule has 0 aromatic heterocycles. The van der Waals surface area contributed by atoms with Gasteiger partial charge in [-0.3, -0.25) is 4.90 Å². The molecule has 10 nitrogen and oxygen atoms in total. The third-order valence-corrected chi connectivity index (χ3v) is 5.80. The molecule has 2 heterocycles. The van der Waals surface area contributed by atoms with E-state index in [-0.39, 0.29) is 13.1 Å². The van der Waals surface area contributed by atoms with Crippen LogP contribution in [0.5, 0.6) is 0 Å². The predicted octanol–water partition coefficient (Wildman–Crippen LogP) is 2.38. The summed E-state index contributed by atoms with van der Waals surface area (Å²) in [5.41, 5.74) is -1.50. The van der Waals surface area contributed by atoms with Crippen molar-refractivity contribution in [2.45, 2.75) is 83.3 Å². The van der Waals surface area contributed by atoms with Crippen LogP contribution in [0.25, 0.3) is 0 Å². The Labute approximate surface area is 221 Å². The Balaban J connectivity index is 0.000000281.